The number of likely N-dealkylation sites (tertiary alicyclic amines) is 2. The molecule has 3 heterocycles. The van der Waals surface area contributed by atoms with Gasteiger partial charge in [-0.1, -0.05) is 24.3 Å². The van der Waals surface area contributed by atoms with E-state index in [0.29, 0.717) is 18.4 Å². The highest BCUT2D eigenvalue weighted by atomic mass is 16.2. The Morgan fingerprint density at radius 3 is 2.54 bits per heavy atom. The molecule has 0 bridgehead atoms. The third-order valence-electron chi connectivity index (χ3n) is 5.71. The molecule has 3 aliphatic rings. The first-order chi connectivity index (χ1) is 11.7. The molecule has 128 valence electrons. The van der Waals surface area contributed by atoms with E-state index in [9.17, 15) is 9.59 Å². The van der Waals surface area contributed by atoms with E-state index in [2.05, 4.69) is 17.4 Å². The van der Waals surface area contributed by atoms with Crippen LogP contribution in [0.1, 0.15) is 36.8 Å². The van der Waals surface area contributed by atoms with E-state index in [1.54, 1.807) is 0 Å². The fourth-order valence-electron chi connectivity index (χ4n) is 4.30. The van der Waals surface area contributed by atoms with Crippen LogP contribution in [-0.2, 0) is 22.6 Å². The number of nitrogens with zero attached hydrogens (tertiary/aromatic N) is 2. The quantitative estimate of drug-likeness (QED) is 0.891. The van der Waals surface area contributed by atoms with E-state index in [4.69, 9.17) is 0 Å². The molecule has 0 radical (unpaired) electrons. The zero-order valence-electron chi connectivity index (χ0n) is 14.0. The smallest absolute Gasteiger partial charge is 0.240 e. The van der Waals surface area contributed by atoms with E-state index >= 15 is 0 Å². The third kappa shape index (κ3) is 2.93. The van der Waals surface area contributed by atoms with Crippen LogP contribution in [0.15, 0.2) is 24.3 Å². The van der Waals surface area contributed by atoms with Gasteiger partial charge in [0.05, 0.1) is 6.04 Å². The highest BCUT2D eigenvalue weighted by Gasteiger charge is 2.34. The number of carbonyl (C=O) groups is 2. The molecule has 5 nitrogen and oxygen atoms in total. The molecule has 0 saturated carbocycles. The lowest BCUT2D eigenvalue weighted by atomic mass is 9.94. The molecular weight excluding hydrogens is 302 g/mol. The van der Waals surface area contributed by atoms with Crippen LogP contribution in [0.4, 0.5) is 0 Å². The number of fused-ring (bicyclic) bond motifs is 1. The highest BCUT2D eigenvalue weighted by molar-refractivity contribution is 5.83. The van der Waals surface area contributed by atoms with Gasteiger partial charge in [0.1, 0.15) is 0 Å². The maximum atomic E-state index is 12.8. The molecule has 1 unspecified atom stereocenters. The second-order valence-electron chi connectivity index (χ2n) is 7.15. The van der Waals surface area contributed by atoms with Gasteiger partial charge in [0.15, 0.2) is 0 Å². The molecule has 3 aliphatic heterocycles. The van der Waals surface area contributed by atoms with Crippen LogP contribution in [0.25, 0.3) is 0 Å². The summed E-state index contributed by atoms with van der Waals surface area (Å²) in [7, 11) is 0. The van der Waals surface area contributed by atoms with Crippen molar-refractivity contribution in [3.8, 4) is 0 Å². The number of nitrogens with one attached hydrogen (secondary N) is 1. The van der Waals surface area contributed by atoms with Crippen molar-refractivity contribution in [1.82, 2.24) is 15.1 Å². The first kappa shape index (κ1) is 15.6. The van der Waals surface area contributed by atoms with Crippen LogP contribution >= 0.6 is 0 Å². The molecule has 0 spiro atoms. The first-order valence-corrected chi connectivity index (χ1v) is 9.11. The van der Waals surface area contributed by atoms with Crippen molar-refractivity contribution in [2.45, 2.75) is 50.7 Å². The fourth-order valence-corrected chi connectivity index (χ4v) is 4.30. The van der Waals surface area contributed by atoms with Gasteiger partial charge < -0.3 is 15.1 Å². The Kier molecular flexibility index (Phi) is 4.27. The molecule has 2 saturated heterocycles. The summed E-state index contributed by atoms with van der Waals surface area (Å²) >= 11 is 0. The van der Waals surface area contributed by atoms with E-state index in [1.807, 2.05) is 21.9 Å². The molecular formula is C19H25N3O2. The Balaban J connectivity index is 1.34. The van der Waals surface area contributed by atoms with Crippen molar-refractivity contribution in [3.05, 3.63) is 35.4 Å². The van der Waals surface area contributed by atoms with Crippen LogP contribution in [-0.4, -0.2) is 53.3 Å². The van der Waals surface area contributed by atoms with E-state index in [1.165, 1.54) is 11.1 Å². The molecule has 1 N–H and O–H groups in total. The topological polar surface area (TPSA) is 52.7 Å². The van der Waals surface area contributed by atoms with Crippen molar-refractivity contribution in [2.75, 3.05) is 19.6 Å². The summed E-state index contributed by atoms with van der Waals surface area (Å²) in [6.07, 6.45) is 4.30. The van der Waals surface area contributed by atoms with Crippen LogP contribution in [0.3, 0.4) is 0 Å². The Hall–Kier alpha value is -1.88. The van der Waals surface area contributed by atoms with Gasteiger partial charge in [-0.3, -0.25) is 9.59 Å². The van der Waals surface area contributed by atoms with Crippen molar-refractivity contribution in [3.63, 3.8) is 0 Å². The lowest BCUT2D eigenvalue weighted by Gasteiger charge is -2.38. The first-order valence-electron chi connectivity index (χ1n) is 9.11. The Bertz CT molecular complexity index is 637. The summed E-state index contributed by atoms with van der Waals surface area (Å²) in [5.41, 5.74) is 2.58. The predicted octanol–water partition coefficient (Wildman–Crippen LogP) is 1.31. The molecule has 2 amide bonds. The minimum atomic E-state index is -0.107. The molecule has 4 rings (SSSR count). The Morgan fingerprint density at radius 1 is 1.08 bits per heavy atom. The monoisotopic (exact) mass is 327 g/mol. The molecule has 24 heavy (non-hydrogen) atoms. The fraction of sp³-hybridized carbons (Fsp3) is 0.579. The lowest BCUT2D eigenvalue weighted by molar-refractivity contribution is -0.136. The van der Waals surface area contributed by atoms with Gasteiger partial charge in [0.25, 0.3) is 0 Å². The van der Waals surface area contributed by atoms with Crippen molar-refractivity contribution < 1.29 is 9.59 Å². The Morgan fingerprint density at radius 2 is 1.83 bits per heavy atom. The summed E-state index contributed by atoms with van der Waals surface area (Å²) in [6, 6.07) is 8.58. The summed E-state index contributed by atoms with van der Waals surface area (Å²) in [5, 5.41) is 3.39. The third-order valence-corrected chi connectivity index (χ3v) is 5.71. The molecule has 1 aromatic carbocycles. The standard InChI is InChI=1S/C19H25N3O2/c23-18-6-3-9-22(18)16-7-10-21(11-8-16)19(24)17-12-14-4-1-2-5-15(14)13-20-17/h1-2,4-5,16-17,20H,3,6-13H2. The number of amides is 2. The summed E-state index contributed by atoms with van der Waals surface area (Å²) < 4.78 is 0. The van der Waals surface area contributed by atoms with E-state index in [-0.39, 0.29) is 11.9 Å². The van der Waals surface area contributed by atoms with Gasteiger partial charge in [-0.05, 0) is 36.8 Å². The maximum Gasteiger partial charge on any atom is 0.240 e. The van der Waals surface area contributed by atoms with Crippen LogP contribution in [0, 0.1) is 0 Å². The number of rotatable bonds is 2. The molecule has 1 aromatic rings. The zero-order chi connectivity index (χ0) is 16.5. The molecule has 1 atom stereocenters. The molecule has 0 aromatic heterocycles. The van der Waals surface area contributed by atoms with Crippen molar-refractivity contribution >= 4 is 11.8 Å². The van der Waals surface area contributed by atoms with Crippen LogP contribution in [0.2, 0.25) is 0 Å². The van der Waals surface area contributed by atoms with Crippen molar-refractivity contribution in [2.24, 2.45) is 0 Å². The average Bonchev–Trinajstić information content (AvgIpc) is 3.07. The number of piperidine rings is 1. The number of benzene rings is 1. The lowest BCUT2D eigenvalue weighted by Crippen LogP contribution is -2.53. The van der Waals surface area contributed by atoms with Gasteiger partial charge in [-0.15, -0.1) is 0 Å². The van der Waals surface area contributed by atoms with Crippen LogP contribution in [0.5, 0.6) is 0 Å². The predicted molar refractivity (Wildman–Crippen MR) is 91.3 cm³/mol. The number of carbonyl (C=O) groups excluding carboxylic acids is 2. The van der Waals surface area contributed by atoms with Gasteiger partial charge in [0, 0.05) is 38.6 Å². The largest absolute Gasteiger partial charge is 0.341 e. The summed E-state index contributed by atoms with van der Waals surface area (Å²) in [4.78, 5) is 28.8. The Labute approximate surface area is 143 Å². The zero-order valence-corrected chi connectivity index (χ0v) is 14.0. The summed E-state index contributed by atoms with van der Waals surface area (Å²) in [6.45, 7) is 3.21. The normalized spacial score (nSPS) is 25.0. The van der Waals surface area contributed by atoms with Gasteiger partial charge >= 0.3 is 0 Å². The molecule has 0 aliphatic carbocycles. The highest BCUT2D eigenvalue weighted by Crippen LogP contribution is 2.23. The number of hydrogen-bond acceptors (Lipinski definition) is 3. The van der Waals surface area contributed by atoms with E-state index in [0.717, 1.165) is 51.9 Å². The van der Waals surface area contributed by atoms with Crippen molar-refractivity contribution in [1.29, 1.82) is 0 Å². The van der Waals surface area contributed by atoms with Gasteiger partial charge in [-0.2, -0.15) is 0 Å². The van der Waals surface area contributed by atoms with E-state index < -0.39 is 0 Å². The summed E-state index contributed by atoms with van der Waals surface area (Å²) in [5.74, 6) is 0.515. The molecule has 2 fully saturated rings. The minimum absolute atomic E-state index is 0.107. The van der Waals surface area contributed by atoms with Gasteiger partial charge in [-0.25, -0.2) is 0 Å². The maximum absolute atomic E-state index is 12.8. The van der Waals surface area contributed by atoms with Gasteiger partial charge in [0.2, 0.25) is 11.8 Å². The minimum Gasteiger partial charge on any atom is -0.341 e. The SMILES string of the molecule is O=C(C1Cc2ccccc2CN1)N1CCC(N2CCCC2=O)CC1. The second-order valence-corrected chi connectivity index (χ2v) is 7.15. The molecule has 5 heteroatoms. The second kappa shape index (κ2) is 6.55. The van der Waals surface area contributed by atoms with Crippen LogP contribution < -0.4 is 5.32 Å². The average molecular weight is 327 g/mol. The number of hydrogen-bond donors (Lipinski definition) is 1.